The molecule has 1 aliphatic carbocycles. The molecule has 61 heavy (non-hydrogen) atoms. The van der Waals surface area contributed by atoms with Crippen LogP contribution in [0.4, 0.5) is 14.0 Å². The van der Waals surface area contributed by atoms with Crippen molar-refractivity contribution >= 4 is 46.8 Å². The average molecular weight is 879 g/mol. The predicted octanol–water partition coefficient (Wildman–Crippen LogP) is 7.29. The van der Waals surface area contributed by atoms with Crippen LogP contribution < -0.4 is 15.6 Å². The molecule has 15 nitrogen and oxygen atoms in total. The molecule has 322 valence electrons. The molecule has 18 heteroatoms. The number of hydrogen-bond donors (Lipinski definition) is 3. The maximum atomic E-state index is 16.0. The highest BCUT2D eigenvalue weighted by atomic mass is 35.5. The van der Waals surface area contributed by atoms with Gasteiger partial charge in [0, 0.05) is 71.7 Å². The first-order valence-corrected chi connectivity index (χ1v) is 20.4. The van der Waals surface area contributed by atoms with Crippen molar-refractivity contribution in [2.24, 2.45) is 7.05 Å². The van der Waals surface area contributed by atoms with Crippen molar-refractivity contribution in [2.75, 3.05) is 13.7 Å². The van der Waals surface area contributed by atoms with Gasteiger partial charge in [-0.15, -0.1) is 0 Å². The van der Waals surface area contributed by atoms with E-state index in [2.05, 4.69) is 10.3 Å². The summed E-state index contributed by atoms with van der Waals surface area (Å²) in [6.07, 6.45) is 1.32. The van der Waals surface area contributed by atoms with E-state index in [0.29, 0.717) is 53.8 Å². The van der Waals surface area contributed by atoms with E-state index in [1.165, 1.54) is 21.1 Å². The summed E-state index contributed by atoms with van der Waals surface area (Å²) >= 11 is 14.1. The van der Waals surface area contributed by atoms with E-state index in [9.17, 15) is 29.4 Å². The van der Waals surface area contributed by atoms with Crippen LogP contribution in [0.15, 0.2) is 59.5 Å². The second kappa shape index (κ2) is 16.6. The minimum Gasteiger partial charge on any atom is -0.481 e. The first-order valence-electron chi connectivity index (χ1n) is 19.6. The highest BCUT2D eigenvalue weighted by molar-refractivity contribution is 6.39. The number of benzene rings is 2. The van der Waals surface area contributed by atoms with E-state index in [-0.39, 0.29) is 81.4 Å². The SMILES string of the molecule is COc1nc(-c2cccc(-c3cccc(-c4cc5c(=O)n(C)c(CN(C(=O)OC(C)(C)C)C6CC(C)(O)C6)nn5c4)c3Cl)c2Cl)c(F)cc1CN(CC1CCC(=O)N1)C(=O)O. The van der Waals surface area contributed by atoms with Crippen LogP contribution in [0, 0.1) is 5.82 Å². The van der Waals surface area contributed by atoms with Crippen LogP contribution in [0.5, 0.6) is 5.88 Å². The van der Waals surface area contributed by atoms with Crippen LogP contribution in [0.1, 0.15) is 64.8 Å². The summed E-state index contributed by atoms with van der Waals surface area (Å²) in [4.78, 5) is 57.9. The van der Waals surface area contributed by atoms with E-state index >= 15 is 4.39 Å². The molecular formula is C43H46Cl2FN7O8. The fourth-order valence-electron chi connectivity index (χ4n) is 7.82. The highest BCUT2D eigenvalue weighted by Gasteiger charge is 2.44. The van der Waals surface area contributed by atoms with Crippen molar-refractivity contribution in [1.82, 2.24) is 34.3 Å². The Morgan fingerprint density at radius 3 is 2.26 bits per heavy atom. The molecule has 0 radical (unpaired) electrons. The zero-order chi connectivity index (χ0) is 44.1. The van der Waals surface area contributed by atoms with Gasteiger partial charge in [-0.2, -0.15) is 5.10 Å². The Morgan fingerprint density at radius 1 is 1.03 bits per heavy atom. The van der Waals surface area contributed by atoms with Crippen LogP contribution in [-0.2, 0) is 29.7 Å². The van der Waals surface area contributed by atoms with E-state index < -0.39 is 29.2 Å². The number of aromatic nitrogens is 4. The number of halogens is 3. The molecule has 0 bridgehead atoms. The lowest BCUT2D eigenvalue weighted by Crippen LogP contribution is -2.56. The molecule has 2 aromatic carbocycles. The Balaban J connectivity index is 1.19. The first kappa shape index (κ1) is 43.4. The Hall–Kier alpha value is -5.71. The Kier molecular flexibility index (Phi) is 11.8. The number of nitrogens with zero attached hydrogens (tertiary/aromatic N) is 6. The highest BCUT2D eigenvalue weighted by Crippen LogP contribution is 2.43. The van der Waals surface area contributed by atoms with Crippen molar-refractivity contribution in [1.29, 1.82) is 0 Å². The normalized spacial score (nSPS) is 18.8. The van der Waals surface area contributed by atoms with Crippen molar-refractivity contribution in [3.8, 4) is 39.4 Å². The van der Waals surface area contributed by atoms with Gasteiger partial charge in [-0.3, -0.25) is 19.1 Å². The van der Waals surface area contributed by atoms with Gasteiger partial charge in [-0.25, -0.2) is 23.5 Å². The summed E-state index contributed by atoms with van der Waals surface area (Å²) in [6, 6.07) is 12.5. The number of carbonyl (C=O) groups is 3. The zero-order valence-corrected chi connectivity index (χ0v) is 36.0. The van der Waals surface area contributed by atoms with Crippen LogP contribution in [0.2, 0.25) is 10.0 Å². The summed E-state index contributed by atoms with van der Waals surface area (Å²) in [7, 11) is 2.92. The largest absolute Gasteiger partial charge is 0.481 e. The van der Waals surface area contributed by atoms with Crippen molar-refractivity contribution in [2.45, 2.75) is 89.8 Å². The number of carbonyl (C=O) groups excluding carboxylic acids is 2. The van der Waals surface area contributed by atoms with Crippen molar-refractivity contribution in [3.05, 3.63) is 92.3 Å². The summed E-state index contributed by atoms with van der Waals surface area (Å²) in [5, 5.41) is 28.2. The molecule has 3 aromatic heterocycles. The first-order chi connectivity index (χ1) is 28.7. The monoisotopic (exact) mass is 877 g/mol. The van der Waals surface area contributed by atoms with Gasteiger partial charge < -0.3 is 29.9 Å². The standard InChI is InChI=1S/C43H46Cl2FN7O8/c1-42(2,3)61-41(58)52(26-17-43(4,59)18-26)22-33-49-53-20-23(16-32(53)39(55)50(33)5)27-9-7-10-28(35(27)44)29-11-8-12-30(36(29)45)37-31(46)15-24(38(48-37)60-6)19-51(40(56)57)21-25-13-14-34(54)47-25/h7-12,15-16,20,25-26,59H,13-14,17-19,21-22H2,1-6H3,(H,47,54)(H,56,57). The van der Waals surface area contributed by atoms with Gasteiger partial charge in [0.05, 0.1) is 35.8 Å². The van der Waals surface area contributed by atoms with Crippen molar-refractivity contribution in [3.63, 3.8) is 0 Å². The topological polar surface area (TPSA) is 181 Å². The molecule has 1 saturated carbocycles. The quantitative estimate of drug-likeness (QED) is 0.122. The molecule has 1 unspecified atom stereocenters. The molecule has 3 amide bonds. The Bertz CT molecular complexity index is 2620. The number of methoxy groups -OCH3 is 1. The van der Waals surface area contributed by atoms with Gasteiger partial charge in [0.15, 0.2) is 5.82 Å². The van der Waals surface area contributed by atoms with Gasteiger partial charge >= 0.3 is 12.2 Å². The van der Waals surface area contributed by atoms with Crippen LogP contribution in [0.3, 0.4) is 0 Å². The van der Waals surface area contributed by atoms with Gasteiger partial charge in [-0.05, 0) is 59.1 Å². The number of amides is 3. The molecular weight excluding hydrogens is 832 g/mol. The molecule has 1 saturated heterocycles. The summed E-state index contributed by atoms with van der Waals surface area (Å²) in [5.74, 6) is -0.629. The van der Waals surface area contributed by atoms with Gasteiger partial charge in [0.2, 0.25) is 11.8 Å². The van der Waals surface area contributed by atoms with Gasteiger partial charge in [0.25, 0.3) is 5.56 Å². The second-order valence-electron chi connectivity index (χ2n) is 16.8. The van der Waals surface area contributed by atoms with Crippen LogP contribution in [-0.4, -0.2) is 94.2 Å². The summed E-state index contributed by atoms with van der Waals surface area (Å²) < 4.78 is 30.0. The molecule has 2 fully saturated rings. The minimum atomic E-state index is -1.25. The average Bonchev–Trinajstić information content (AvgIpc) is 3.80. The number of pyridine rings is 1. The molecule has 5 aromatic rings. The molecule has 2 aliphatic rings. The van der Waals surface area contributed by atoms with E-state index in [1.54, 1.807) is 83.4 Å². The smallest absolute Gasteiger partial charge is 0.410 e. The molecule has 4 heterocycles. The summed E-state index contributed by atoms with van der Waals surface area (Å²) in [5.41, 5.74) is 0.584. The molecule has 1 aliphatic heterocycles. The number of rotatable bonds is 11. The molecule has 7 rings (SSSR count). The number of aliphatic hydroxyl groups is 1. The number of carboxylic acid groups (broad SMARTS) is 1. The maximum absolute atomic E-state index is 16.0. The predicted molar refractivity (Wildman–Crippen MR) is 226 cm³/mol. The molecule has 1 atom stereocenters. The fraction of sp³-hybridized carbons (Fsp3) is 0.395. The van der Waals surface area contributed by atoms with Crippen LogP contribution in [0.25, 0.3) is 39.0 Å². The second-order valence-corrected chi connectivity index (χ2v) is 17.5. The maximum Gasteiger partial charge on any atom is 0.410 e. The molecule has 0 spiro atoms. The van der Waals surface area contributed by atoms with E-state index in [4.69, 9.17) is 37.8 Å². The summed E-state index contributed by atoms with van der Waals surface area (Å²) in [6.45, 7) is 6.74. The lowest BCUT2D eigenvalue weighted by atomic mass is 9.76. The number of fused-ring (bicyclic) bond motifs is 1. The molecule has 3 N–H and O–H groups in total. The third-order valence-electron chi connectivity index (χ3n) is 10.9. The van der Waals surface area contributed by atoms with Crippen LogP contribution >= 0.6 is 23.2 Å². The lowest BCUT2D eigenvalue weighted by molar-refractivity contribution is -0.119. The van der Waals surface area contributed by atoms with Gasteiger partial charge in [0.1, 0.15) is 22.6 Å². The van der Waals surface area contributed by atoms with E-state index in [0.717, 1.165) is 11.0 Å². The van der Waals surface area contributed by atoms with Crippen molar-refractivity contribution < 1.29 is 38.5 Å². The Labute approximate surface area is 360 Å². The zero-order valence-electron chi connectivity index (χ0n) is 34.5. The Morgan fingerprint density at radius 2 is 1.67 bits per heavy atom. The van der Waals surface area contributed by atoms with Gasteiger partial charge in [-0.1, -0.05) is 59.6 Å². The fourth-order valence-corrected chi connectivity index (χ4v) is 8.48. The lowest BCUT2D eigenvalue weighted by Gasteiger charge is -2.46. The van der Waals surface area contributed by atoms with E-state index in [1.807, 2.05) is 0 Å². The number of nitrogens with one attached hydrogen (secondary N) is 1. The third kappa shape index (κ3) is 9.02. The third-order valence-corrected chi connectivity index (χ3v) is 11.7. The number of hydrogen-bond acceptors (Lipinski definition) is 9. The minimum absolute atomic E-state index is 0.00276. The number of ether oxygens (including phenoxy) is 2.